The Balaban J connectivity index is 2.09. The molecule has 0 aliphatic rings. The molecule has 0 fully saturated rings. The van der Waals surface area contributed by atoms with E-state index in [0.29, 0.717) is 0 Å². The third-order valence-corrected chi connectivity index (χ3v) is 2.78. The van der Waals surface area contributed by atoms with Gasteiger partial charge in [-0.3, -0.25) is 0 Å². The molecule has 1 heterocycles. The topological polar surface area (TPSA) is 50.9 Å². The van der Waals surface area contributed by atoms with Crippen molar-refractivity contribution in [3.8, 4) is 0 Å². The Kier molecular flexibility index (Phi) is 4.31. The molecule has 1 aromatic heterocycles. The van der Waals surface area contributed by atoms with Crippen molar-refractivity contribution >= 4 is 11.5 Å². The highest BCUT2D eigenvalue weighted by Gasteiger charge is 1.98. The molecule has 0 aliphatic heterocycles. The van der Waals surface area contributed by atoms with E-state index in [1.165, 1.54) is 11.1 Å². The second-order valence-electron chi connectivity index (χ2n) is 4.44. The summed E-state index contributed by atoms with van der Waals surface area (Å²) in [6, 6.07) is 12.4. The van der Waals surface area contributed by atoms with Crippen LogP contribution in [-0.4, -0.2) is 11.5 Å². The number of anilines is 2. The molecule has 0 amide bonds. The average Bonchev–Trinajstić information content (AvgIpc) is 2.37. The number of nitrogens with one attached hydrogen (secondary N) is 1. The van der Waals surface area contributed by atoms with Gasteiger partial charge in [-0.1, -0.05) is 12.1 Å². The summed E-state index contributed by atoms with van der Waals surface area (Å²) < 4.78 is 0. The molecule has 0 saturated heterocycles. The van der Waals surface area contributed by atoms with Crippen molar-refractivity contribution in [1.29, 1.82) is 0 Å². The van der Waals surface area contributed by atoms with Crippen molar-refractivity contribution in [1.82, 2.24) is 4.98 Å². The molecule has 2 aromatic rings. The van der Waals surface area contributed by atoms with Crippen LogP contribution >= 0.6 is 0 Å². The number of hydrogen-bond acceptors (Lipinski definition) is 3. The van der Waals surface area contributed by atoms with E-state index in [1.807, 2.05) is 18.3 Å². The predicted molar refractivity (Wildman–Crippen MR) is 76.1 cm³/mol. The van der Waals surface area contributed by atoms with Crippen molar-refractivity contribution in [3.05, 3.63) is 53.7 Å². The molecule has 0 aliphatic carbocycles. The normalized spacial score (nSPS) is 10.3. The summed E-state index contributed by atoms with van der Waals surface area (Å²) in [4.78, 5) is 4.30. The van der Waals surface area contributed by atoms with Gasteiger partial charge in [0.2, 0.25) is 0 Å². The molecule has 0 spiro atoms. The number of nitrogens with zero attached hydrogens (tertiary/aromatic N) is 1. The zero-order valence-corrected chi connectivity index (χ0v) is 10.7. The first-order valence-electron chi connectivity index (χ1n) is 6.26. The summed E-state index contributed by atoms with van der Waals surface area (Å²) in [6.45, 7) is 2.79. The maximum absolute atomic E-state index is 5.53. The molecule has 3 heteroatoms. The van der Waals surface area contributed by atoms with Gasteiger partial charge in [-0.25, -0.2) is 4.98 Å². The molecule has 0 saturated carbocycles. The molecule has 0 bridgehead atoms. The first-order valence-corrected chi connectivity index (χ1v) is 6.26. The average molecular weight is 241 g/mol. The Labute approximate surface area is 108 Å². The van der Waals surface area contributed by atoms with E-state index < -0.39 is 0 Å². The molecule has 0 radical (unpaired) electrons. The number of rotatable bonds is 5. The van der Waals surface area contributed by atoms with Crippen LogP contribution in [0.3, 0.4) is 0 Å². The van der Waals surface area contributed by atoms with Crippen molar-refractivity contribution in [2.75, 3.05) is 11.9 Å². The summed E-state index contributed by atoms with van der Waals surface area (Å²) in [5.41, 5.74) is 9.11. The van der Waals surface area contributed by atoms with Crippen molar-refractivity contribution < 1.29 is 0 Å². The lowest BCUT2D eigenvalue weighted by atomic mass is 10.1. The van der Waals surface area contributed by atoms with Crippen LogP contribution in [0.5, 0.6) is 0 Å². The van der Waals surface area contributed by atoms with Crippen LogP contribution in [0.25, 0.3) is 0 Å². The third-order valence-electron chi connectivity index (χ3n) is 2.78. The zero-order chi connectivity index (χ0) is 12.8. The van der Waals surface area contributed by atoms with Crippen LogP contribution in [-0.2, 0) is 6.42 Å². The van der Waals surface area contributed by atoms with Gasteiger partial charge in [0.05, 0.1) is 0 Å². The molecule has 0 unspecified atom stereocenters. The molecule has 3 N–H and O–H groups in total. The lowest BCUT2D eigenvalue weighted by molar-refractivity contribution is 0.833. The summed E-state index contributed by atoms with van der Waals surface area (Å²) in [5, 5.41) is 3.32. The molecule has 0 atom stereocenters. The summed E-state index contributed by atoms with van der Waals surface area (Å²) in [7, 11) is 0. The first kappa shape index (κ1) is 12.6. The molecule has 18 heavy (non-hydrogen) atoms. The van der Waals surface area contributed by atoms with Crippen LogP contribution in [0.15, 0.2) is 42.6 Å². The Bertz CT molecular complexity index is 509. The smallest absolute Gasteiger partial charge is 0.130 e. The van der Waals surface area contributed by atoms with E-state index in [9.17, 15) is 0 Å². The maximum atomic E-state index is 5.53. The van der Waals surface area contributed by atoms with Gasteiger partial charge >= 0.3 is 0 Å². The minimum Gasteiger partial charge on any atom is -0.340 e. The molecule has 3 nitrogen and oxygen atoms in total. The Morgan fingerprint density at radius 3 is 2.89 bits per heavy atom. The SMILES string of the molecule is Cc1ccnc(Nc2cccc(CCCN)c2)c1. The Morgan fingerprint density at radius 2 is 2.11 bits per heavy atom. The van der Waals surface area contributed by atoms with Gasteiger partial charge in [-0.05, 0) is 61.7 Å². The minimum atomic E-state index is 0.733. The Morgan fingerprint density at radius 1 is 1.22 bits per heavy atom. The van der Waals surface area contributed by atoms with Crippen molar-refractivity contribution in [2.24, 2.45) is 5.73 Å². The highest BCUT2D eigenvalue weighted by atomic mass is 15.0. The van der Waals surface area contributed by atoms with Gasteiger partial charge in [0.15, 0.2) is 0 Å². The van der Waals surface area contributed by atoms with E-state index in [4.69, 9.17) is 5.73 Å². The van der Waals surface area contributed by atoms with Crippen molar-refractivity contribution in [3.63, 3.8) is 0 Å². The number of aromatic nitrogens is 1. The third kappa shape index (κ3) is 3.57. The lowest BCUT2D eigenvalue weighted by Gasteiger charge is -2.08. The fourth-order valence-electron chi connectivity index (χ4n) is 1.86. The highest BCUT2D eigenvalue weighted by molar-refractivity contribution is 5.57. The van der Waals surface area contributed by atoms with Crippen LogP contribution < -0.4 is 11.1 Å². The van der Waals surface area contributed by atoms with E-state index in [1.54, 1.807) is 0 Å². The summed E-state index contributed by atoms with van der Waals surface area (Å²) in [6.07, 6.45) is 3.86. The molecule has 2 rings (SSSR count). The number of aryl methyl sites for hydroxylation is 2. The molecule has 94 valence electrons. The maximum Gasteiger partial charge on any atom is 0.130 e. The van der Waals surface area contributed by atoms with Gasteiger partial charge < -0.3 is 11.1 Å². The van der Waals surface area contributed by atoms with Gasteiger partial charge in [-0.15, -0.1) is 0 Å². The summed E-state index contributed by atoms with van der Waals surface area (Å²) in [5.74, 6) is 0.881. The fourth-order valence-corrected chi connectivity index (χ4v) is 1.86. The standard InChI is InChI=1S/C15H19N3/c1-12-7-9-17-15(10-12)18-14-6-2-4-13(11-14)5-3-8-16/h2,4,6-7,9-11H,3,5,8,16H2,1H3,(H,17,18). The van der Waals surface area contributed by atoms with Crippen LogP contribution in [0.2, 0.25) is 0 Å². The quantitative estimate of drug-likeness (QED) is 0.846. The van der Waals surface area contributed by atoms with E-state index in [0.717, 1.165) is 30.9 Å². The van der Waals surface area contributed by atoms with Gasteiger partial charge in [0.25, 0.3) is 0 Å². The highest BCUT2D eigenvalue weighted by Crippen LogP contribution is 2.17. The number of benzene rings is 1. The molecular weight excluding hydrogens is 222 g/mol. The van der Waals surface area contributed by atoms with E-state index >= 15 is 0 Å². The lowest BCUT2D eigenvalue weighted by Crippen LogP contribution is -2.00. The first-order chi connectivity index (χ1) is 8.78. The van der Waals surface area contributed by atoms with E-state index in [2.05, 4.69) is 41.5 Å². The van der Waals surface area contributed by atoms with Crippen LogP contribution in [0.1, 0.15) is 17.5 Å². The second-order valence-corrected chi connectivity index (χ2v) is 4.44. The largest absolute Gasteiger partial charge is 0.340 e. The number of pyridine rings is 1. The van der Waals surface area contributed by atoms with Crippen LogP contribution in [0.4, 0.5) is 11.5 Å². The number of hydrogen-bond donors (Lipinski definition) is 2. The summed E-state index contributed by atoms with van der Waals surface area (Å²) >= 11 is 0. The van der Waals surface area contributed by atoms with Gasteiger partial charge in [0, 0.05) is 11.9 Å². The minimum absolute atomic E-state index is 0.733. The van der Waals surface area contributed by atoms with Gasteiger partial charge in [0.1, 0.15) is 5.82 Å². The second kappa shape index (κ2) is 6.17. The predicted octanol–water partition coefficient (Wildman–Crippen LogP) is 3.02. The Hall–Kier alpha value is -1.87. The van der Waals surface area contributed by atoms with Crippen LogP contribution in [0, 0.1) is 6.92 Å². The molecular formula is C15H19N3. The van der Waals surface area contributed by atoms with Crippen molar-refractivity contribution in [2.45, 2.75) is 19.8 Å². The number of nitrogens with two attached hydrogens (primary N) is 1. The van der Waals surface area contributed by atoms with Gasteiger partial charge in [-0.2, -0.15) is 0 Å². The fraction of sp³-hybridized carbons (Fsp3) is 0.267. The monoisotopic (exact) mass is 241 g/mol. The van der Waals surface area contributed by atoms with E-state index in [-0.39, 0.29) is 0 Å². The molecule has 1 aromatic carbocycles. The zero-order valence-electron chi connectivity index (χ0n) is 10.7.